The van der Waals surface area contributed by atoms with Crippen molar-refractivity contribution in [2.45, 2.75) is 25.3 Å². The van der Waals surface area contributed by atoms with E-state index in [9.17, 15) is 13.2 Å². The summed E-state index contributed by atoms with van der Waals surface area (Å²) in [6.07, 6.45) is -2.69. The lowest BCUT2D eigenvalue weighted by Gasteiger charge is -2.12. The molecule has 0 unspecified atom stereocenters. The molecule has 1 atom stereocenters. The van der Waals surface area contributed by atoms with Gasteiger partial charge >= 0.3 is 6.18 Å². The third kappa shape index (κ3) is 3.34. The van der Waals surface area contributed by atoms with Crippen molar-refractivity contribution in [2.75, 3.05) is 13.1 Å². The molecule has 1 aromatic heterocycles. The fraction of sp³-hybridized carbons (Fsp3) is 0.545. The predicted molar refractivity (Wildman–Crippen MR) is 60.3 cm³/mol. The molecule has 0 saturated carbocycles. The third-order valence-electron chi connectivity index (χ3n) is 2.72. The quantitative estimate of drug-likeness (QED) is 0.924. The number of alkyl halides is 3. The molecule has 0 amide bonds. The van der Waals surface area contributed by atoms with Gasteiger partial charge in [0.25, 0.3) is 0 Å². The minimum Gasteiger partial charge on any atom is -0.370 e. The molecule has 0 radical (unpaired) electrons. The van der Waals surface area contributed by atoms with Gasteiger partial charge in [0.2, 0.25) is 0 Å². The molecule has 0 bridgehead atoms. The van der Waals surface area contributed by atoms with E-state index < -0.39 is 11.7 Å². The van der Waals surface area contributed by atoms with E-state index in [2.05, 4.69) is 10.3 Å². The molecule has 1 N–H and O–H groups in total. The van der Waals surface area contributed by atoms with Crippen LogP contribution in [0.25, 0.3) is 0 Å². The van der Waals surface area contributed by atoms with E-state index in [1.807, 2.05) is 0 Å². The second-order valence-corrected chi connectivity index (χ2v) is 4.48. The second kappa shape index (κ2) is 5.42. The van der Waals surface area contributed by atoms with Crippen LogP contribution in [0.5, 0.6) is 0 Å². The van der Waals surface area contributed by atoms with Gasteiger partial charge in [-0.1, -0.05) is 11.6 Å². The summed E-state index contributed by atoms with van der Waals surface area (Å²) >= 11 is 5.76. The van der Waals surface area contributed by atoms with Gasteiger partial charge in [0.1, 0.15) is 0 Å². The average molecular weight is 281 g/mol. The highest BCUT2D eigenvalue weighted by atomic mass is 35.5. The summed E-state index contributed by atoms with van der Waals surface area (Å²) in [6, 6.07) is 0.875. The SMILES string of the molecule is FC(F)(F)c1cnc(CO[C@H]2CCNC2)c(Cl)c1. The van der Waals surface area contributed by atoms with Crippen LogP contribution in [0, 0.1) is 0 Å². The molecular formula is C11H12ClF3N2O. The maximum Gasteiger partial charge on any atom is 0.417 e. The van der Waals surface area contributed by atoms with Crippen LogP contribution in [-0.4, -0.2) is 24.2 Å². The predicted octanol–water partition coefficient (Wildman–Crippen LogP) is 2.63. The van der Waals surface area contributed by atoms with E-state index in [-0.39, 0.29) is 17.7 Å². The third-order valence-corrected chi connectivity index (χ3v) is 3.04. The summed E-state index contributed by atoms with van der Waals surface area (Å²) in [5.41, 5.74) is -0.518. The number of hydrogen-bond donors (Lipinski definition) is 1. The first-order chi connectivity index (χ1) is 8.47. The van der Waals surface area contributed by atoms with E-state index in [1.54, 1.807) is 0 Å². The van der Waals surface area contributed by atoms with Crippen molar-refractivity contribution in [3.63, 3.8) is 0 Å². The Hall–Kier alpha value is -0.850. The zero-order valence-corrected chi connectivity index (χ0v) is 10.2. The molecule has 1 saturated heterocycles. The largest absolute Gasteiger partial charge is 0.417 e. The molecule has 3 nitrogen and oxygen atoms in total. The van der Waals surface area contributed by atoms with Crippen molar-refractivity contribution in [1.82, 2.24) is 10.3 Å². The Morgan fingerprint density at radius 2 is 2.28 bits per heavy atom. The highest BCUT2D eigenvalue weighted by Gasteiger charge is 2.31. The van der Waals surface area contributed by atoms with Crippen molar-refractivity contribution in [2.24, 2.45) is 0 Å². The highest BCUT2D eigenvalue weighted by molar-refractivity contribution is 6.31. The Morgan fingerprint density at radius 3 is 2.83 bits per heavy atom. The van der Waals surface area contributed by atoms with Crippen LogP contribution in [0.4, 0.5) is 13.2 Å². The normalized spacial score (nSPS) is 20.3. The molecule has 0 spiro atoms. The minimum absolute atomic E-state index is 0.0178. The van der Waals surface area contributed by atoms with Crippen LogP contribution >= 0.6 is 11.6 Å². The van der Waals surface area contributed by atoms with Gasteiger partial charge in [-0.3, -0.25) is 4.98 Å². The molecule has 2 rings (SSSR count). The van der Waals surface area contributed by atoms with Crippen molar-refractivity contribution in [1.29, 1.82) is 0 Å². The second-order valence-electron chi connectivity index (χ2n) is 4.08. The summed E-state index contributed by atoms with van der Waals surface area (Å²) in [5, 5.41) is 3.11. The van der Waals surface area contributed by atoms with Gasteiger partial charge in [-0.05, 0) is 19.0 Å². The number of hydrogen-bond acceptors (Lipinski definition) is 3. The van der Waals surface area contributed by atoms with Crippen LogP contribution in [0.2, 0.25) is 5.02 Å². The lowest BCUT2D eigenvalue weighted by atomic mass is 10.2. The van der Waals surface area contributed by atoms with E-state index in [1.165, 1.54) is 0 Å². The molecular weight excluding hydrogens is 269 g/mol. The number of halogens is 4. The summed E-state index contributed by atoms with van der Waals surface area (Å²) < 4.78 is 42.7. The van der Waals surface area contributed by atoms with Gasteiger partial charge < -0.3 is 10.1 Å². The van der Waals surface area contributed by atoms with Crippen molar-refractivity contribution < 1.29 is 17.9 Å². The van der Waals surface area contributed by atoms with Crippen LogP contribution in [0.15, 0.2) is 12.3 Å². The first-order valence-electron chi connectivity index (χ1n) is 5.51. The molecule has 0 aromatic carbocycles. The van der Waals surface area contributed by atoms with Gasteiger partial charge in [0, 0.05) is 12.7 Å². The fourth-order valence-electron chi connectivity index (χ4n) is 1.69. The smallest absolute Gasteiger partial charge is 0.370 e. The molecule has 18 heavy (non-hydrogen) atoms. The van der Waals surface area contributed by atoms with Crippen LogP contribution in [0.1, 0.15) is 17.7 Å². The van der Waals surface area contributed by atoms with Gasteiger partial charge in [0.15, 0.2) is 0 Å². The van der Waals surface area contributed by atoms with E-state index in [0.29, 0.717) is 5.69 Å². The summed E-state index contributed by atoms with van der Waals surface area (Å²) in [6.45, 7) is 1.76. The zero-order chi connectivity index (χ0) is 13.2. The Bertz CT molecular complexity index is 419. The first-order valence-corrected chi connectivity index (χ1v) is 5.88. The van der Waals surface area contributed by atoms with E-state index in [0.717, 1.165) is 31.8 Å². The maximum absolute atomic E-state index is 12.4. The van der Waals surface area contributed by atoms with Crippen molar-refractivity contribution >= 4 is 11.6 Å². The van der Waals surface area contributed by atoms with E-state index >= 15 is 0 Å². The van der Waals surface area contributed by atoms with Crippen molar-refractivity contribution in [3.8, 4) is 0 Å². The Kier molecular flexibility index (Phi) is 4.09. The molecule has 100 valence electrons. The molecule has 1 aliphatic rings. The topological polar surface area (TPSA) is 34.1 Å². The summed E-state index contributed by atoms with van der Waals surface area (Å²) in [4.78, 5) is 3.71. The van der Waals surface area contributed by atoms with Crippen molar-refractivity contribution in [3.05, 3.63) is 28.5 Å². The highest BCUT2D eigenvalue weighted by Crippen LogP contribution is 2.31. The van der Waals surface area contributed by atoms with Gasteiger partial charge in [0.05, 0.1) is 29.0 Å². The van der Waals surface area contributed by atoms with Gasteiger partial charge in [-0.25, -0.2) is 0 Å². The molecule has 0 aliphatic carbocycles. The first kappa shape index (κ1) is 13.6. The van der Waals surface area contributed by atoms with Crippen LogP contribution < -0.4 is 5.32 Å². The Morgan fingerprint density at radius 1 is 1.50 bits per heavy atom. The maximum atomic E-state index is 12.4. The Labute approximate surface area is 107 Å². The van der Waals surface area contributed by atoms with Crippen LogP contribution in [-0.2, 0) is 17.5 Å². The number of ether oxygens (including phenoxy) is 1. The zero-order valence-electron chi connectivity index (χ0n) is 9.43. The standard InChI is InChI=1S/C11H12ClF3N2O/c12-9-3-7(11(13,14)15)4-17-10(9)6-18-8-1-2-16-5-8/h3-4,8,16H,1-2,5-6H2/t8-/m0/s1. The number of aromatic nitrogens is 1. The monoisotopic (exact) mass is 280 g/mol. The average Bonchev–Trinajstić information content (AvgIpc) is 2.79. The Balaban J connectivity index is 2.01. The lowest BCUT2D eigenvalue weighted by Crippen LogP contribution is -2.17. The molecule has 1 aromatic rings. The number of pyridine rings is 1. The number of rotatable bonds is 3. The van der Waals surface area contributed by atoms with Gasteiger partial charge in [-0.15, -0.1) is 0 Å². The van der Waals surface area contributed by atoms with E-state index in [4.69, 9.17) is 16.3 Å². The minimum atomic E-state index is -4.43. The number of nitrogens with zero attached hydrogens (tertiary/aromatic N) is 1. The molecule has 1 aliphatic heterocycles. The summed E-state index contributed by atoms with van der Waals surface area (Å²) in [5.74, 6) is 0. The van der Waals surface area contributed by atoms with Gasteiger partial charge in [-0.2, -0.15) is 13.2 Å². The summed E-state index contributed by atoms with van der Waals surface area (Å²) in [7, 11) is 0. The molecule has 7 heteroatoms. The number of nitrogens with one attached hydrogen (secondary N) is 1. The van der Waals surface area contributed by atoms with Crippen LogP contribution in [0.3, 0.4) is 0 Å². The lowest BCUT2D eigenvalue weighted by molar-refractivity contribution is -0.137. The molecule has 2 heterocycles. The molecule has 1 fully saturated rings. The fourth-order valence-corrected chi connectivity index (χ4v) is 1.92.